The zero-order valence-corrected chi connectivity index (χ0v) is 11.2. The molecular weight excluding hydrogens is 229 g/mol. The number of halogens is 1. The number of nitrogens with two attached hydrogens (primary N) is 1. The van der Waals surface area contributed by atoms with Gasteiger partial charge in [-0.1, -0.05) is 0 Å². The third kappa shape index (κ3) is 3.44. The average molecular weight is 249 g/mol. The Morgan fingerprint density at radius 1 is 1.39 bits per heavy atom. The molecule has 0 heterocycles. The second-order valence-electron chi connectivity index (χ2n) is 4.69. The maximum atomic E-state index is 13.3. The van der Waals surface area contributed by atoms with Gasteiger partial charge in [-0.25, -0.2) is 4.39 Å². The second-order valence-corrected chi connectivity index (χ2v) is 4.69. The maximum Gasteiger partial charge on any atom is 0.123 e. The fourth-order valence-electron chi connectivity index (χ4n) is 1.98. The van der Waals surface area contributed by atoms with Gasteiger partial charge in [-0.05, 0) is 44.5 Å². The van der Waals surface area contributed by atoms with Crippen molar-refractivity contribution in [3.05, 3.63) is 29.6 Å². The Kier molecular flexibility index (Phi) is 5.11. The summed E-state index contributed by atoms with van der Waals surface area (Å²) in [6.07, 6.45) is 0.438. The van der Waals surface area contributed by atoms with Crippen LogP contribution in [0.5, 0.6) is 0 Å². The molecule has 0 aromatic heterocycles. The molecule has 1 aromatic carbocycles. The van der Waals surface area contributed by atoms with Crippen molar-refractivity contribution >= 4 is 5.69 Å². The predicted molar refractivity (Wildman–Crippen MR) is 71.7 cm³/mol. The lowest BCUT2D eigenvalue weighted by atomic mass is 10.0. The smallest absolute Gasteiger partial charge is 0.123 e. The van der Waals surface area contributed by atoms with Gasteiger partial charge in [0.15, 0.2) is 0 Å². The van der Waals surface area contributed by atoms with Gasteiger partial charge in [-0.3, -0.25) is 0 Å². The van der Waals surface area contributed by atoms with E-state index < -0.39 is 0 Å². The van der Waals surface area contributed by atoms with E-state index in [-0.39, 0.29) is 17.9 Å². The minimum absolute atomic E-state index is 0.237. The average Bonchev–Trinajstić information content (AvgIpc) is 2.30. The van der Waals surface area contributed by atoms with Gasteiger partial charge >= 0.3 is 0 Å². The van der Waals surface area contributed by atoms with Crippen molar-refractivity contribution in [3.63, 3.8) is 0 Å². The third-order valence-corrected chi connectivity index (χ3v) is 2.88. The Balaban J connectivity index is 3.15. The van der Waals surface area contributed by atoms with Gasteiger partial charge in [0.05, 0.1) is 12.5 Å². The number of nitrogens with zero attached hydrogens (tertiary/aromatic N) is 2. The van der Waals surface area contributed by atoms with Crippen LogP contribution in [-0.2, 0) is 0 Å². The van der Waals surface area contributed by atoms with Gasteiger partial charge < -0.3 is 10.6 Å². The first-order valence-electron chi connectivity index (χ1n) is 6.16. The summed E-state index contributed by atoms with van der Waals surface area (Å²) in [6, 6.07) is 6.79. The van der Waals surface area contributed by atoms with Gasteiger partial charge in [0.1, 0.15) is 5.82 Å². The van der Waals surface area contributed by atoms with Crippen molar-refractivity contribution in [2.24, 2.45) is 5.73 Å². The molecule has 0 bridgehead atoms. The SMILES string of the molecule is CC(C)N(CCC#N)c1ccc(F)cc1[C@@H](C)N. The molecule has 0 saturated heterocycles. The molecule has 18 heavy (non-hydrogen) atoms. The molecule has 4 heteroatoms. The van der Waals surface area contributed by atoms with Crippen LogP contribution in [0, 0.1) is 17.1 Å². The Hall–Kier alpha value is -1.60. The zero-order valence-electron chi connectivity index (χ0n) is 11.2. The van der Waals surface area contributed by atoms with Crippen molar-refractivity contribution in [2.45, 2.75) is 39.3 Å². The number of benzene rings is 1. The molecule has 0 amide bonds. The standard InChI is InChI=1S/C14H20FN3/c1-10(2)18(8-4-7-16)14-6-5-12(15)9-13(14)11(3)17/h5-6,9-11H,4,8,17H2,1-3H3/t11-/m1/s1. The first-order valence-corrected chi connectivity index (χ1v) is 6.16. The van der Waals surface area contributed by atoms with E-state index in [1.54, 1.807) is 6.07 Å². The molecule has 1 aromatic rings. The molecule has 2 N–H and O–H groups in total. The first kappa shape index (κ1) is 14.5. The minimum Gasteiger partial charge on any atom is -0.368 e. The van der Waals surface area contributed by atoms with Gasteiger partial charge in [0.25, 0.3) is 0 Å². The van der Waals surface area contributed by atoms with E-state index in [2.05, 4.69) is 11.0 Å². The van der Waals surface area contributed by atoms with E-state index >= 15 is 0 Å². The van der Waals surface area contributed by atoms with Crippen molar-refractivity contribution in [3.8, 4) is 6.07 Å². The topological polar surface area (TPSA) is 53.0 Å². The van der Waals surface area contributed by atoms with E-state index in [0.29, 0.717) is 13.0 Å². The quantitative estimate of drug-likeness (QED) is 0.872. The van der Waals surface area contributed by atoms with Crippen LogP contribution >= 0.6 is 0 Å². The van der Waals surface area contributed by atoms with Gasteiger partial charge in [0.2, 0.25) is 0 Å². The Morgan fingerprint density at radius 3 is 2.56 bits per heavy atom. The van der Waals surface area contributed by atoms with E-state index in [0.717, 1.165) is 11.3 Å². The minimum atomic E-state index is -0.282. The van der Waals surface area contributed by atoms with Crippen LogP contribution in [-0.4, -0.2) is 12.6 Å². The van der Waals surface area contributed by atoms with Crippen LogP contribution in [0.1, 0.15) is 38.8 Å². The molecule has 0 aliphatic carbocycles. The lowest BCUT2D eigenvalue weighted by Gasteiger charge is -2.31. The van der Waals surface area contributed by atoms with E-state index in [1.807, 2.05) is 20.8 Å². The molecule has 1 rings (SSSR count). The lowest BCUT2D eigenvalue weighted by Crippen LogP contribution is -2.33. The molecule has 0 aliphatic heterocycles. The molecule has 3 nitrogen and oxygen atoms in total. The maximum absolute atomic E-state index is 13.3. The summed E-state index contributed by atoms with van der Waals surface area (Å²) >= 11 is 0. The summed E-state index contributed by atoms with van der Waals surface area (Å²) in [5, 5.41) is 8.71. The van der Waals surface area contributed by atoms with Crippen molar-refractivity contribution < 1.29 is 4.39 Å². The fourth-order valence-corrected chi connectivity index (χ4v) is 1.98. The Morgan fingerprint density at radius 2 is 2.06 bits per heavy atom. The van der Waals surface area contributed by atoms with Crippen LogP contribution in [0.25, 0.3) is 0 Å². The van der Waals surface area contributed by atoms with Crippen molar-refractivity contribution in [1.82, 2.24) is 0 Å². The van der Waals surface area contributed by atoms with Gasteiger partial charge in [-0.15, -0.1) is 0 Å². The monoisotopic (exact) mass is 249 g/mol. The van der Waals surface area contributed by atoms with Crippen LogP contribution in [0.15, 0.2) is 18.2 Å². The molecule has 0 fully saturated rings. The second kappa shape index (κ2) is 6.36. The number of hydrogen-bond donors (Lipinski definition) is 1. The van der Waals surface area contributed by atoms with E-state index in [9.17, 15) is 4.39 Å². The molecule has 0 unspecified atom stereocenters. The number of nitriles is 1. The van der Waals surface area contributed by atoms with Crippen LogP contribution in [0.3, 0.4) is 0 Å². The summed E-state index contributed by atoms with van der Waals surface area (Å²) in [4.78, 5) is 2.08. The van der Waals surface area contributed by atoms with Gasteiger partial charge in [0, 0.05) is 24.3 Å². The largest absolute Gasteiger partial charge is 0.368 e. The normalized spacial score (nSPS) is 12.3. The summed E-state index contributed by atoms with van der Waals surface area (Å²) < 4.78 is 13.3. The molecule has 98 valence electrons. The highest BCUT2D eigenvalue weighted by Gasteiger charge is 2.16. The highest BCUT2D eigenvalue weighted by molar-refractivity contribution is 5.55. The molecule has 0 aliphatic rings. The summed E-state index contributed by atoms with van der Waals surface area (Å²) in [6.45, 7) is 6.55. The predicted octanol–water partition coefficient (Wildman–Crippen LogP) is 2.97. The molecule has 1 atom stereocenters. The lowest BCUT2D eigenvalue weighted by molar-refractivity contribution is 0.618. The van der Waals surface area contributed by atoms with Crippen molar-refractivity contribution in [1.29, 1.82) is 5.26 Å². The summed E-state index contributed by atoms with van der Waals surface area (Å²) in [5.74, 6) is -0.282. The Labute approximate surface area is 108 Å². The van der Waals surface area contributed by atoms with Crippen molar-refractivity contribution in [2.75, 3.05) is 11.4 Å². The first-order chi connectivity index (χ1) is 8.47. The van der Waals surface area contributed by atoms with Crippen LogP contribution in [0.4, 0.5) is 10.1 Å². The fraction of sp³-hybridized carbons (Fsp3) is 0.500. The Bertz CT molecular complexity index is 435. The van der Waals surface area contributed by atoms with Gasteiger partial charge in [-0.2, -0.15) is 5.26 Å². The molecule has 0 saturated carbocycles. The number of rotatable bonds is 5. The van der Waals surface area contributed by atoms with E-state index in [1.165, 1.54) is 12.1 Å². The third-order valence-electron chi connectivity index (χ3n) is 2.88. The molecule has 0 spiro atoms. The summed E-state index contributed by atoms with van der Waals surface area (Å²) in [5.41, 5.74) is 7.58. The van der Waals surface area contributed by atoms with E-state index in [4.69, 9.17) is 11.0 Å². The zero-order chi connectivity index (χ0) is 13.7. The molecular formula is C14H20FN3. The van der Waals surface area contributed by atoms with Crippen LogP contribution < -0.4 is 10.6 Å². The molecule has 0 radical (unpaired) electrons. The van der Waals surface area contributed by atoms with Crippen LogP contribution in [0.2, 0.25) is 0 Å². The highest BCUT2D eigenvalue weighted by Crippen LogP contribution is 2.27. The number of anilines is 1. The summed E-state index contributed by atoms with van der Waals surface area (Å²) in [7, 11) is 0. The number of hydrogen-bond acceptors (Lipinski definition) is 3. The highest BCUT2D eigenvalue weighted by atomic mass is 19.1.